The number of fused-ring (bicyclic) bond motifs is 1. The van der Waals surface area contributed by atoms with Crippen LogP contribution in [0.25, 0.3) is 10.8 Å². The van der Waals surface area contributed by atoms with Crippen molar-refractivity contribution < 1.29 is 9.53 Å². The molecule has 20 heavy (non-hydrogen) atoms. The Morgan fingerprint density at radius 1 is 1.25 bits per heavy atom. The molecule has 4 heteroatoms. The summed E-state index contributed by atoms with van der Waals surface area (Å²) in [5.74, 6) is 0. The predicted molar refractivity (Wildman–Crippen MR) is 82.1 cm³/mol. The van der Waals surface area contributed by atoms with Gasteiger partial charge in [0.05, 0.1) is 6.61 Å². The predicted octanol–water partition coefficient (Wildman–Crippen LogP) is 3.27. The summed E-state index contributed by atoms with van der Waals surface area (Å²) in [7, 11) is 4.10. The maximum Gasteiger partial charge on any atom is 0.293 e. The molecule has 0 heterocycles. The number of hydrogen-bond acceptors (Lipinski definition) is 3. The number of benzene rings is 2. The summed E-state index contributed by atoms with van der Waals surface area (Å²) in [4.78, 5) is 12.3. The fourth-order valence-electron chi connectivity index (χ4n) is 2.29. The first-order chi connectivity index (χ1) is 9.61. The van der Waals surface area contributed by atoms with Crippen molar-refractivity contribution in [2.24, 2.45) is 0 Å². The van der Waals surface area contributed by atoms with Crippen LogP contribution in [0.15, 0.2) is 30.3 Å². The molecule has 2 aromatic carbocycles. The van der Waals surface area contributed by atoms with Crippen LogP contribution < -0.4 is 0 Å². The van der Waals surface area contributed by atoms with Crippen molar-refractivity contribution in [3.05, 3.63) is 46.5 Å². The fraction of sp³-hybridized carbons (Fsp3) is 0.312. The minimum atomic E-state index is 0.352. The van der Waals surface area contributed by atoms with Gasteiger partial charge in [-0.05, 0) is 48.1 Å². The molecule has 0 aliphatic carbocycles. The average Bonchev–Trinajstić information content (AvgIpc) is 2.39. The van der Waals surface area contributed by atoms with Gasteiger partial charge in [0, 0.05) is 18.0 Å². The number of hydrogen-bond donors (Lipinski definition) is 0. The smallest absolute Gasteiger partial charge is 0.293 e. The van der Waals surface area contributed by atoms with Crippen LogP contribution in [0, 0.1) is 0 Å². The van der Waals surface area contributed by atoms with Gasteiger partial charge in [-0.25, -0.2) is 0 Å². The monoisotopic (exact) mass is 291 g/mol. The Hall–Kier alpha value is -1.58. The van der Waals surface area contributed by atoms with Gasteiger partial charge >= 0.3 is 0 Å². The van der Waals surface area contributed by atoms with E-state index >= 15 is 0 Å². The summed E-state index contributed by atoms with van der Waals surface area (Å²) in [6.07, 6.45) is 0.629. The summed E-state index contributed by atoms with van der Waals surface area (Å²) in [6, 6.07) is 10.3. The van der Waals surface area contributed by atoms with Crippen molar-refractivity contribution in [1.82, 2.24) is 4.90 Å². The van der Waals surface area contributed by atoms with Gasteiger partial charge in [0.1, 0.15) is 0 Å². The zero-order valence-corrected chi connectivity index (χ0v) is 12.5. The molecule has 0 saturated heterocycles. The van der Waals surface area contributed by atoms with Crippen LogP contribution in [0.3, 0.4) is 0 Å². The second-order valence-electron chi connectivity index (χ2n) is 5.04. The van der Waals surface area contributed by atoms with Gasteiger partial charge in [0.2, 0.25) is 0 Å². The summed E-state index contributed by atoms with van der Waals surface area (Å²) in [5.41, 5.74) is 2.27. The van der Waals surface area contributed by atoms with E-state index < -0.39 is 0 Å². The minimum Gasteiger partial charge on any atom is -0.468 e. The lowest BCUT2D eigenvalue weighted by atomic mass is 10.0. The van der Waals surface area contributed by atoms with E-state index in [1.54, 1.807) is 0 Å². The molecule has 0 N–H and O–H groups in total. The Balaban J connectivity index is 2.40. The average molecular weight is 292 g/mol. The van der Waals surface area contributed by atoms with E-state index in [0.717, 1.165) is 17.5 Å². The van der Waals surface area contributed by atoms with Crippen molar-refractivity contribution in [3.63, 3.8) is 0 Å². The van der Waals surface area contributed by atoms with Gasteiger partial charge in [-0.15, -0.1) is 0 Å². The summed E-state index contributed by atoms with van der Waals surface area (Å²) in [6.45, 7) is 1.69. The van der Waals surface area contributed by atoms with Crippen LogP contribution in [0.5, 0.6) is 0 Å². The molecular weight excluding hydrogens is 274 g/mol. The standard InChI is InChI=1S/C16H18ClNO2/c1-18(2)10-14-5-3-4-12-9-16(17)13(8-15(12)14)6-7-20-11-19/h3-5,8-9,11H,6-7,10H2,1-2H3. The first kappa shape index (κ1) is 14.8. The molecule has 0 aliphatic rings. The lowest BCUT2D eigenvalue weighted by Gasteiger charge is -2.14. The van der Waals surface area contributed by atoms with Gasteiger partial charge in [-0.3, -0.25) is 4.79 Å². The maximum atomic E-state index is 10.2. The number of nitrogens with zero attached hydrogens (tertiary/aromatic N) is 1. The second kappa shape index (κ2) is 6.73. The number of rotatable bonds is 6. The molecule has 2 aromatic rings. The third kappa shape index (κ3) is 3.50. The van der Waals surface area contributed by atoms with Crippen molar-refractivity contribution in [2.75, 3.05) is 20.7 Å². The molecule has 2 rings (SSSR count). The highest BCUT2D eigenvalue weighted by Gasteiger charge is 2.07. The van der Waals surface area contributed by atoms with Crippen LogP contribution in [0.1, 0.15) is 11.1 Å². The maximum absolute atomic E-state index is 10.2. The van der Waals surface area contributed by atoms with E-state index in [1.807, 2.05) is 26.2 Å². The highest BCUT2D eigenvalue weighted by atomic mass is 35.5. The van der Waals surface area contributed by atoms with Crippen molar-refractivity contribution in [3.8, 4) is 0 Å². The van der Waals surface area contributed by atoms with Gasteiger partial charge in [-0.1, -0.05) is 29.8 Å². The summed E-state index contributed by atoms with van der Waals surface area (Å²) >= 11 is 6.29. The van der Waals surface area contributed by atoms with Gasteiger partial charge in [-0.2, -0.15) is 0 Å². The molecule has 0 radical (unpaired) electrons. The molecule has 0 fully saturated rings. The van der Waals surface area contributed by atoms with E-state index in [-0.39, 0.29) is 0 Å². The van der Waals surface area contributed by atoms with Crippen LogP contribution in [-0.4, -0.2) is 32.1 Å². The number of carbonyl (C=O) groups is 1. The molecule has 0 unspecified atom stereocenters. The quantitative estimate of drug-likeness (QED) is 0.604. The van der Waals surface area contributed by atoms with Gasteiger partial charge in [0.25, 0.3) is 6.47 Å². The van der Waals surface area contributed by atoms with Crippen molar-refractivity contribution in [2.45, 2.75) is 13.0 Å². The number of ether oxygens (including phenoxy) is 1. The highest BCUT2D eigenvalue weighted by Crippen LogP contribution is 2.27. The van der Waals surface area contributed by atoms with E-state index in [9.17, 15) is 4.79 Å². The summed E-state index contributed by atoms with van der Waals surface area (Å²) in [5, 5.41) is 3.05. The van der Waals surface area contributed by atoms with Crippen LogP contribution in [0.2, 0.25) is 5.02 Å². The topological polar surface area (TPSA) is 29.5 Å². The third-order valence-corrected chi connectivity index (χ3v) is 3.53. The normalized spacial score (nSPS) is 11.0. The zero-order chi connectivity index (χ0) is 14.5. The molecule has 0 saturated carbocycles. The number of carbonyl (C=O) groups excluding carboxylic acids is 1. The SMILES string of the molecule is CN(C)Cc1cccc2cc(Cl)c(CCOC=O)cc12. The molecule has 106 valence electrons. The molecule has 0 amide bonds. The lowest BCUT2D eigenvalue weighted by molar-refractivity contribution is -0.128. The molecule has 3 nitrogen and oxygen atoms in total. The Morgan fingerprint density at radius 3 is 2.75 bits per heavy atom. The van der Waals surface area contributed by atoms with E-state index in [1.165, 1.54) is 10.9 Å². The Labute approximate surface area is 124 Å². The second-order valence-corrected chi connectivity index (χ2v) is 5.44. The Bertz CT molecular complexity index is 611. The van der Waals surface area contributed by atoms with E-state index in [4.69, 9.17) is 16.3 Å². The zero-order valence-electron chi connectivity index (χ0n) is 11.7. The lowest BCUT2D eigenvalue weighted by Crippen LogP contribution is -2.11. The summed E-state index contributed by atoms with van der Waals surface area (Å²) < 4.78 is 4.75. The molecule has 0 bridgehead atoms. The van der Waals surface area contributed by atoms with Crippen molar-refractivity contribution in [1.29, 1.82) is 0 Å². The van der Waals surface area contributed by atoms with Crippen LogP contribution >= 0.6 is 11.6 Å². The Kier molecular flexibility index (Phi) is 4.99. The molecular formula is C16H18ClNO2. The fourth-order valence-corrected chi connectivity index (χ4v) is 2.56. The Morgan fingerprint density at radius 2 is 2.05 bits per heavy atom. The number of halogens is 1. The molecule has 0 atom stereocenters. The largest absolute Gasteiger partial charge is 0.468 e. The third-order valence-electron chi connectivity index (χ3n) is 3.18. The molecule has 0 spiro atoms. The van der Waals surface area contributed by atoms with Crippen LogP contribution in [0.4, 0.5) is 0 Å². The first-order valence-electron chi connectivity index (χ1n) is 6.52. The van der Waals surface area contributed by atoms with Gasteiger partial charge < -0.3 is 9.64 Å². The van der Waals surface area contributed by atoms with Crippen LogP contribution in [-0.2, 0) is 22.5 Å². The first-order valence-corrected chi connectivity index (χ1v) is 6.89. The minimum absolute atomic E-state index is 0.352. The molecule has 0 aliphatic heterocycles. The van der Waals surface area contributed by atoms with E-state index in [2.05, 4.69) is 23.1 Å². The van der Waals surface area contributed by atoms with Crippen molar-refractivity contribution >= 4 is 28.8 Å². The van der Waals surface area contributed by atoms with E-state index in [0.29, 0.717) is 24.5 Å². The van der Waals surface area contributed by atoms with Gasteiger partial charge in [0.15, 0.2) is 0 Å². The molecule has 0 aromatic heterocycles. The highest BCUT2D eigenvalue weighted by molar-refractivity contribution is 6.32.